The highest BCUT2D eigenvalue weighted by Crippen LogP contribution is 2.31. The number of nitrogens with two attached hydrogens (primary N) is 1. The van der Waals surface area contributed by atoms with Crippen molar-refractivity contribution in [3.8, 4) is 0 Å². The second-order valence-electron chi connectivity index (χ2n) is 3.81. The van der Waals surface area contributed by atoms with E-state index in [0.717, 1.165) is 5.49 Å². The van der Waals surface area contributed by atoms with Gasteiger partial charge in [0.15, 0.2) is 23.3 Å². The molecule has 0 amide bonds. The summed E-state index contributed by atoms with van der Waals surface area (Å²) in [6.45, 7) is 0.725. The highest BCUT2D eigenvalue weighted by molar-refractivity contribution is 7.78. The summed E-state index contributed by atoms with van der Waals surface area (Å²) in [6, 6.07) is 0. The van der Waals surface area contributed by atoms with Gasteiger partial charge in [0.1, 0.15) is 0 Å². The predicted molar refractivity (Wildman–Crippen MR) is 64.3 cm³/mol. The first kappa shape index (κ1) is 15.8. The van der Waals surface area contributed by atoms with Crippen LogP contribution in [0.5, 0.6) is 0 Å². The van der Waals surface area contributed by atoms with Crippen molar-refractivity contribution in [1.82, 2.24) is 5.32 Å². The Labute approximate surface area is 111 Å². The zero-order valence-corrected chi connectivity index (χ0v) is 10.5. The molecule has 0 aromatic heterocycles. The van der Waals surface area contributed by atoms with Crippen LogP contribution in [0.4, 0.5) is 22.0 Å². The van der Waals surface area contributed by atoms with E-state index in [-0.39, 0.29) is 6.54 Å². The fourth-order valence-electron chi connectivity index (χ4n) is 1.88. The summed E-state index contributed by atoms with van der Waals surface area (Å²) in [5, 5.41) is 2.81. The van der Waals surface area contributed by atoms with Crippen LogP contribution in [0, 0.1) is 29.1 Å². The third kappa shape index (κ3) is 3.19. The van der Waals surface area contributed by atoms with Crippen LogP contribution < -0.4 is 11.1 Å². The molecule has 2 nitrogen and oxygen atoms in total. The summed E-state index contributed by atoms with van der Waals surface area (Å²) in [5.41, 5.74) is 4.91. The zero-order valence-electron chi connectivity index (χ0n) is 9.65. The van der Waals surface area contributed by atoms with Gasteiger partial charge < -0.3 is 11.1 Å². The van der Waals surface area contributed by atoms with Gasteiger partial charge in [-0.05, 0) is 13.0 Å². The van der Waals surface area contributed by atoms with Crippen molar-refractivity contribution in [2.75, 3.05) is 13.1 Å². The average molecular weight is 298 g/mol. The van der Waals surface area contributed by atoms with Gasteiger partial charge in [0.05, 0.1) is 5.49 Å². The van der Waals surface area contributed by atoms with E-state index in [2.05, 4.69) is 23.3 Å². The van der Waals surface area contributed by atoms with Gasteiger partial charge in [-0.25, -0.2) is 22.0 Å². The maximum Gasteiger partial charge on any atom is 0.200 e. The highest BCUT2D eigenvalue weighted by atomic mass is 32.1. The maximum atomic E-state index is 13.3. The molecule has 8 heteroatoms. The quantitative estimate of drug-likeness (QED) is 0.362. The van der Waals surface area contributed by atoms with E-state index in [1.807, 2.05) is 0 Å². The van der Waals surface area contributed by atoms with E-state index in [4.69, 9.17) is 0 Å². The zero-order chi connectivity index (χ0) is 14.6. The van der Waals surface area contributed by atoms with Crippen LogP contribution in [-0.2, 0) is 0 Å². The first-order valence-corrected chi connectivity index (χ1v) is 5.80. The molecule has 3 N–H and O–H groups in total. The molecule has 0 aliphatic carbocycles. The second kappa shape index (κ2) is 6.76. The normalized spacial score (nSPS) is 17.8. The largest absolute Gasteiger partial charge is 0.396 e. The van der Waals surface area contributed by atoms with Gasteiger partial charge in [-0.15, -0.1) is 0 Å². The van der Waals surface area contributed by atoms with E-state index in [1.54, 1.807) is 0 Å². The van der Waals surface area contributed by atoms with Crippen molar-refractivity contribution >= 4 is 17.7 Å². The monoisotopic (exact) mass is 298 g/mol. The molecule has 0 spiro atoms. The highest BCUT2D eigenvalue weighted by Gasteiger charge is 2.31. The smallest absolute Gasteiger partial charge is 0.200 e. The molecule has 1 aromatic carbocycles. The average Bonchev–Trinajstić information content (AvgIpc) is 2.89. The lowest BCUT2D eigenvalue weighted by Gasteiger charge is -2.12. The van der Waals surface area contributed by atoms with E-state index < -0.39 is 40.6 Å². The number of thiocarbonyl (C=S) groups is 1. The standard InChI is InChI=1S/C10H8F5N.CH3NS/c11-6-5(4-1-2-16-3-4)7(12)9(14)10(15)8(6)13;2-1-3/h4,16H,1-3H2;1H,(H2,2,3). The number of nitrogens with one attached hydrogen (secondary N) is 1. The molecule has 1 heterocycles. The van der Waals surface area contributed by atoms with E-state index in [1.165, 1.54) is 0 Å². The molecule has 1 aliphatic rings. The topological polar surface area (TPSA) is 38.0 Å². The summed E-state index contributed by atoms with van der Waals surface area (Å²) >= 11 is 4.05. The predicted octanol–water partition coefficient (Wildman–Crippen LogP) is 2.36. The van der Waals surface area contributed by atoms with Gasteiger partial charge >= 0.3 is 0 Å². The second-order valence-corrected chi connectivity index (χ2v) is 4.08. The molecular weight excluding hydrogens is 287 g/mol. The first-order chi connectivity index (χ1) is 8.95. The number of hydrogen-bond donors (Lipinski definition) is 2. The Balaban J connectivity index is 0.000000550. The Morgan fingerprint density at radius 3 is 1.79 bits per heavy atom. The van der Waals surface area contributed by atoms with Crippen LogP contribution in [0.3, 0.4) is 0 Å². The van der Waals surface area contributed by atoms with Crippen LogP contribution in [0.25, 0.3) is 0 Å². The minimum absolute atomic E-state index is 0.221. The van der Waals surface area contributed by atoms with Crippen molar-refractivity contribution in [1.29, 1.82) is 0 Å². The Bertz CT molecular complexity index is 446. The molecule has 1 saturated heterocycles. The minimum Gasteiger partial charge on any atom is -0.396 e. The van der Waals surface area contributed by atoms with Crippen molar-refractivity contribution in [2.45, 2.75) is 12.3 Å². The lowest BCUT2D eigenvalue weighted by molar-refractivity contribution is 0.365. The molecule has 19 heavy (non-hydrogen) atoms. The van der Waals surface area contributed by atoms with Gasteiger partial charge in [0.2, 0.25) is 5.82 Å². The number of halogens is 5. The summed E-state index contributed by atoms with van der Waals surface area (Å²) in [5.74, 6) is -9.95. The third-order valence-corrected chi connectivity index (χ3v) is 2.71. The Kier molecular flexibility index (Phi) is 5.61. The number of benzene rings is 1. The van der Waals surface area contributed by atoms with Crippen LogP contribution >= 0.6 is 12.2 Å². The Hall–Kier alpha value is -1.28. The van der Waals surface area contributed by atoms with Gasteiger partial charge in [-0.2, -0.15) is 0 Å². The van der Waals surface area contributed by atoms with Crippen molar-refractivity contribution in [2.24, 2.45) is 5.73 Å². The van der Waals surface area contributed by atoms with Crippen molar-refractivity contribution in [3.63, 3.8) is 0 Å². The van der Waals surface area contributed by atoms with E-state index in [9.17, 15) is 22.0 Å². The van der Waals surface area contributed by atoms with Gasteiger partial charge in [0.25, 0.3) is 0 Å². The Morgan fingerprint density at radius 2 is 1.42 bits per heavy atom. The van der Waals surface area contributed by atoms with Crippen molar-refractivity contribution in [3.05, 3.63) is 34.6 Å². The molecule has 2 rings (SSSR count). The molecule has 0 bridgehead atoms. The molecule has 0 saturated carbocycles. The lowest BCUT2D eigenvalue weighted by Crippen LogP contribution is -2.14. The fraction of sp³-hybridized carbons (Fsp3) is 0.364. The van der Waals surface area contributed by atoms with Crippen LogP contribution in [0.2, 0.25) is 0 Å². The van der Waals surface area contributed by atoms with E-state index >= 15 is 0 Å². The SMILES string of the molecule is Fc1c(F)c(F)c(C2CCNC2)c(F)c1F.NC=S. The molecular formula is C11H11F5N2S. The summed E-state index contributed by atoms with van der Waals surface area (Å²) in [7, 11) is 0. The fourth-order valence-corrected chi connectivity index (χ4v) is 1.88. The van der Waals surface area contributed by atoms with Gasteiger partial charge in [-0.1, -0.05) is 12.2 Å². The summed E-state index contributed by atoms with van der Waals surface area (Å²) < 4.78 is 65.1. The summed E-state index contributed by atoms with van der Waals surface area (Å²) in [4.78, 5) is 0. The number of rotatable bonds is 1. The number of hydrogen-bond acceptors (Lipinski definition) is 2. The van der Waals surface area contributed by atoms with Crippen LogP contribution in [-0.4, -0.2) is 18.6 Å². The van der Waals surface area contributed by atoms with Crippen LogP contribution in [0.1, 0.15) is 17.9 Å². The van der Waals surface area contributed by atoms with Gasteiger partial charge in [-0.3, -0.25) is 0 Å². The van der Waals surface area contributed by atoms with Crippen molar-refractivity contribution < 1.29 is 22.0 Å². The minimum atomic E-state index is -2.11. The molecule has 1 aromatic rings. The maximum absolute atomic E-state index is 13.3. The van der Waals surface area contributed by atoms with Gasteiger partial charge in [0, 0.05) is 18.0 Å². The molecule has 1 atom stereocenters. The molecule has 1 aliphatic heterocycles. The lowest BCUT2D eigenvalue weighted by atomic mass is 9.96. The first-order valence-electron chi connectivity index (χ1n) is 5.33. The van der Waals surface area contributed by atoms with E-state index in [0.29, 0.717) is 13.0 Å². The summed E-state index contributed by atoms with van der Waals surface area (Å²) in [6.07, 6.45) is 0.359. The third-order valence-electron chi connectivity index (χ3n) is 2.71. The molecule has 1 fully saturated rings. The molecule has 106 valence electrons. The Morgan fingerprint density at radius 1 is 1.00 bits per heavy atom. The van der Waals surface area contributed by atoms with Crippen LogP contribution in [0.15, 0.2) is 0 Å². The molecule has 1 unspecified atom stereocenters. The molecule has 0 radical (unpaired) electrons.